The Labute approximate surface area is 165 Å². The van der Waals surface area contributed by atoms with Crippen molar-refractivity contribution in [3.63, 3.8) is 0 Å². The number of aromatic nitrogens is 1. The summed E-state index contributed by atoms with van der Waals surface area (Å²) in [5.41, 5.74) is 4.58. The molecule has 1 aromatic heterocycles. The molecule has 3 heteroatoms. The van der Waals surface area contributed by atoms with Crippen LogP contribution in [0.1, 0.15) is 12.8 Å². The van der Waals surface area contributed by atoms with Crippen LogP contribution >= 0.6 is 0 Å². The molecular weight excluding hydrogens is 342 g/mol. The van der Waals surface area contributed by atoms with Crippen LogP contribution in [-0.4, -0.2) is 28.5 Å². The van der Waals surface area contributed by atoms with Gasteiger partial charge in [0.2, 0.25) is 5.96 Å². The fraction of sp³-hybridized carbons (Fsp3) is 0.160. The van der Waals surface area contributed by atoms with Gasteiger partial charge in [-0.05, 0) is 42.7 Å². The molecule has 3 nitrogen and oxygen atoms in total. The van der Waals surface area contributed by atoms with Crippen molar-refractivity contribution in [2.45, 2.75) is 12.8 Å². The number of likely N-dealkylation sites (tertiary alicyclic amines) is 1. The van der Waals surface area contributed by atoms with E-state index in [1.165, 1.54) is 35.0 Å². The zero-order valence-corrected chi connectivity index (χ0v) is 15.8. The Morgan fingerprint density at radius 2 is 1.36 bits per heavy atom. The molecule has 3 aromatic carbocycles. The molecule has 1 aliphatic heterocycles. The molecule has 4 aromatic rings. The van der Waals surface area contributed by atoms with Crippen molar-refractivity contribution < 1.29 is 0 Å². The first-order valence-corrected chi connectivity index (χ1v) is 9.95. The monoisotopic (exact) mass is 365 g/mol. The van der Waals surface area contributed by atoms with Crippen molar-refractivity contribution in [2.24, 2.45) is 4.99 Å². The Morgan fingerprint density at radius 3 is 2.11 bits per heavy atom. The average molecular weight is 365 g/mol. The molecular formula is C25H23N3. The molecule has 0 bridgehead atoms. The molecule has 0 aliphatic carbocycles. The number of para-hydroxylation sites is 2. The summed E-state index contributed by atoms with van der Waals surface area (Å²) >= 11 is 0. The molecule has 2 heterocycles. The van der Waals surface area contributed by atoms with Gasteiger partial charge in [0.05, 0.1) is 16.9 Å². The van der Waals surface area contributed by atoms with Crippen LogP contribution in [0.25, 0.3) is 22.2 Å². The van der Waals surface area contributed by atoms with E-state index >= 15 is 0 Å². The summed E-state index contributed by atoms with van der Waals surface area (Å²) in [5, 5.41) is 1.24. The summed E-state index contributed by atoms with van der Waals surface area (Å²) in [7, 11) is 0. The van der Waals surface area contributed by atoms with E-state index in [2.05, 4.69) is 82.3 Å². The Kier molecular flexibility index (Phi) is 4.42. The topological polar surface area (TPSA) is 20.5 Å². The first-order valence-electron chi connectivity index (χ1n) is 9.95. The van der Waals surface area contributed by atoms with Gasteiger partial charge in [0.1, 0.15) is 0 Å². The molecule has 0 spiro atoms. The van der Waals surface area contributed by atoms with Crippen molar-refractivity contribution in [1.29, 1.82) is 0 Å². The van der Waals surface area contributed by atoms with Crippen molar-refractivity contribution in [3.8, 4) is 11.3 Å². The normalized spacial score (nSPS) is 14.7. The first-order chi connectivity index (χ1) is 13.9. The molecule has 0 atom stereocenters. The smallest absolute Gasteiger partial charge is 0.211 e. The number of benzene rings is 3. The average Bonchev–Trinajstić information content (AvgIpc) is 3.42. The highest BCUT2D eigenvalue weighted by Crippen LogP contribution is 2.30. The summed E-state index contributed by atoms with van der Waals surface area (Å²) in [4.78, 5) is 7.55. The zero-order chi connectivity index (χ0) is 18.8. The number of aliphatic imine (C=N–C) groups is 1. The van der Waals surface area contributed by atoms with Crippen LogP contribution in [0.4, 0.5) is 5.69 Å². The van der Waals surface area contributed by atoms with E-state index in [1.807, 2.05) is 18.2 Å². The second-order valence-electron chi connectivity index (χ2n) is 7.23. The lowest BCUT2D eigenvalue weighted by molar-refractivity contribution is 0.503. The summed E-state index contributed by atoms with van der Waals surface area (Å²) in [6, 6.07) is 31.8. The molecule has 1 fully saturated rings. The Hall–Kier alpha value is -3.33. The van der Waals surface area contributed by atoms with Crippen LogP contribution in [-0.2, 0) is 0 Å². The highest BCUT2D eigenvalue weighted by Gasteiger charge is 2.22. The third-order valence-corrected chi connectivity index (χ3v) is 5.35. The number of rotatable bonds is 2. The minimum absolute atomic E-state index is 0.987. The summed E-state index contributed by atoms with van der Waals surface area (Å²) in [6.07, 6.45) is 2.43. The van der Waals surface area contributed by atoms with Gasteiger partial charge in [0, 0.05) is 18.5 Å². The van der Waals surface area contributed by atoms with Gasteiger partial charge < -0.3 is 4.90 Å². The van der Waals surface area contributed by atoms with Gasteiger partial charge in [-0.15, -0.1) is 0 Å². The van der Waals surface area contributed by atoms with Gasteiger partial charge in [-0.2, -0.15) is 0 Å². The molecule has 5 rings (SSSR count). The van der Waals surface area contributed by atoms with E-state index in [9.17, 15) is 0 Å². The minimum Gasteiger partial charge on any atom is -0.342 e. The van der Waals surface area contributed by atoms with Crippen molar-refractivity contribution in [1.82, 2.24) is 9.47 Å². The number of hydrogen-bond acceptors (Lipinski definition) is 1. The maximum Gasteiger partial charge on any atom is 0.211 e. The molecule has 1 aliphatic rings. The van der Waals surface area contributed by atoms with E-state index < -0.39 is 0 Å². The standard InChI is InChI=1S/C25H23N3/c1-3-11-20(12-4-1)24-19-21-13-7-8-16-23(21)28(24)25(27-17-9-10-18-27)26-22-14-5-2-6-15-22/h1-8,11-16,19H,9-10,17-18H2. The van der Waals surface area contributed by atoms with E-state index in [4.69, 9.17) is 4.99 Å². The second-order valence-corrected chi connectivity index (χ2v) is 7.23. The largest absolute Gasteiger partial charge is 0.342 e. The lowest BCUT2D eigenvalue weighted by atomic mass is 10.1. The molecule has 1 saturated heterocycles. The van der Waals surface area contributed by atoms with E-state index in [0.717, 1.165) is 24.7 Å². The third kappa shape index (κ3) is 3.09. The van der Waals surface area contributed by atoms with Crippen molar-refractivity contribution in [3.05, 3.63) is 91.0 Å². The van der Waals surface area contributed by atoms with Crippen LogP contribution < -0.4 is 0 Å². The van der Waals surface area contributed by atoms with Crippen LogP contribution in [0.5, 0.6) is 0 Å². The van der Waals surface area contributed by atoms with E-state index in [-0.39, 0.29) is 0 Å². The highest BCUT2D eigenvalue weighted by atomic mass is 15.3. The summed E-state index contributed by atoms with van der Waals surface area (Å²) < 4.78 is 2.34. The van der Waals surface area contributed by atoms with Crippen molar-refractivity contribution in [2.75, 3.05) is 13.1 Å². The molecule has 0 radical (unpaired) electrons. The predicted molar refractivity (Wildman–Crippen MR) is 117 cm³/mol. The van der Waals surface area contributed by atoms with Crippen molar-refractivity contribution >= 4 is 22.5 Å². The van der Waals surface area contributed by atoms with Crippen LogP contribution in [0, 0.1) is 0 Å². The maximum absolute atomic E-state index is 5.12. The molecule has 0 saturated carbocycles. The second kappa shape index (κ2) is 7.35. The molecule has 138 valence electrons. The third-order valence-electron chi connectivity index (χ3n) is 5.35. The summed E-state index contributed by atoms with van der Waals surface area (Å²) in [6.45, 7) is 2.10. The maximum atomic E-state index is 5.12. The van der Waals surface area contributed by atoms with Gasteiger partial charge in [0.25, 0.3) is 0 Å². The molecule has 0 N–H and O–H groups in total. The van der Waals surface area contributed by atoms with Gasteiger partial charge in [-0.25, -0.2) is 4.99 Å². The van der Waals surface area contributed by atoms with Gasteiger partial charge in [0.15, 0.2) is 0 Å². The SMILES string of the molecule is c1ccc(N=C(N2CCCC2)n2c(-c3ccccc3)cc3ccccc32)cc1. The first kappa shape index (κ1) is 16.8. The predicted octanol–water partition coefficient (Wildman–Crippen LogP) is 5.94. The highest BCUT2D eigenvalue weighted by molar-refractivity contribution is 6.00. The molecule has 0 unspecified atom stereocenters. The minimum atomic E-state index is 0.987. The number of fused-ring (bicyclic) bond motifs is 1. The quantitative estimate of drug-likeness (QED) is 0.318. The summed E-state index contributed by atoms with van der Waals surface area (Å²) in [5.74, 6) is 1.02. The number of hydrogen-bond donors (Lipinski definition) is 0. The number of nitrogens with zero attached hydrogens (tertiary/aromatic N) is 3. The van der Waals surface area contributed by atoms with Gasteiger partial charge >= 0.3 is 0 Å². The lowest BCUT2D eigenvalue weighted by Crippen LogP contribution is -2.33. The fourth-order valence-electron chi connectivity index (χ4n) is 3.99. The van der Waals surface area contributed by atoms with Gasteiger partial charge in [-0.1, -0.05) is 66.7 Å². The van der Waals surface area contributed by atoms with Gasteiger partial charge in [-0.3, -0.25) is 4.57 Å². The lowest BCUT2D eigenvalue weighted by Gasteiger charge is -2.23. The molecule has 0 amide bonds. The van der Waals surface area contributed by atoms with E-state index in [0.29, 0.717) is 0 Å². The molecule has 28 heavy (non-hydrogen) atoms. The van der Waals surface area contributed by atoms with Crippen LogP contribution in [0.15, 0.2) is 96.0 Å². The Bertz CT molecular complexity index is 1100. The zero-order valence-electron chi connectivity index (χ0n) is 15.8. The van der Waals surface area contributed by atoms with E-state index in [1.54, 1.807) is 0 Å². The Balaban J connectivity index is 1.78. The fourth-order valence-corrected chi connectivity index (χ4v) is 3.99. The Morgan fingerprint density at radius 1 is 0.714 bits per heavy atom. The van der Waals surface area contributed by atoms with Crippen LogP contribution in [0.3, 0.4) is 0 Å². The van der Waals surface area contributed by atoms with Crippen LogP contribution in [0.2, 0.25) is 0 Å².